The molecule has 0 aliphatic heterocycles. The number of rotatable bonds is 8. The average Bonchev–Trinajstić information content (AvgIpc) is 3.63. The summed E-state index contributed by atoms with van der Waals surface area (Å²) in [7, 11) is 4.18. The molecule has 2 amide bonds. The molecule has 0 aromatic heterocycles. The highest BCUT2D eigenvalue weighted by Crippen LogP contribution is 2.48. The van der Waals surface area contributed by atoms with Crippen LogP contribution >= 0.6 is 11.6 Å². The minimum absolute atomic E-state index is 0.0995. The summed E-state index contributed by atoms with van der Waals surface area (Å²) in [5, 5.41) is 6.82. The zero-order chi connectivity index (χ0) is 24.3. The van der Waals surface area contributed by atoms with Gasteiger partial charge in [-0.15, -0.1) is 0 Å². The fourth-order valence-electron chi connectivity index (χ4n) is 4.94. The minimum atomic E-state index is -0.727. The fraction of sp³-hybridized carbons (Fsp3) is 0.481. The van der Waals surface area contributed by atoms with Crippen molar-refractivity contribution < 1.29 is 14.0 Å². The molecule has 4 rings (SSSR count). The Balaban J connectivity index is 1.46. The first kappa shape index (κ1) is 24.7. The van der Waals surface area contributed by atoms with Gasteiger partial charge in [-0.3, -0.25) is 9.59 Å². The highest BCUT2D eigenvalue weighted by atomic mass is 35.5. The standard InChI is InChI=1S/C27H33ClFN3O2/c1-32(2)23-13-11-22(12-14-23)30-25(33)24(17-18-3-9-21(29)10-4-18)31-26(34)27(15-16-27)19-5-7-20(28)8-6-19/h3-10,22-24H,11-17H2,1-2H3,(H,30,33)(H,31,34)/t22?,23?,24-/m1/s1. The van der Waals surface area contributed by atoms with E-state index in [1.54, 1.807) is 24.3 Å². The predicted octanol–water partition coefficient (Wildman–Crippen LogP) is 4.23. The maximum atomic E-state index is 13.4. The van der Waals surface area contributed by atoms with Gasteiger partial charge in [0.15, 0.2) is 0 Å². The first-order valence-corrected chi connectivity index (χ1v) is 12.4. The Morgan fingerprint density at radius 3 is 2.21 bits per heavy atom. The van der Waals surface area contributed by atoms with Crippen LogP contribution in [0.25, 0.3) is 0 Å². The van der Waals surface area contributed by atoms with Crippen LogP contribution in [0.2, 0.25) is 5.02 Å². The molecule has 2 N–H and O–H groups in total. The molecule has 1 atom stereocenters. The Kier molecular flexibility index (Phi) is 7.58. The molecule has 0 heterocycles. The van der Waals surface area contributed by atoms with E-state index in [4.69, 9.17) is 11.6 Å². The molecule has 0 saturated heterocycles. The van der Waals surface area contributed by atoms with Crippen molar-refractivity contribution in [3.05, 3.63) is 70.5 Å². The van der Waals surface area contributed by atoms with Crippen LogP contribution in [0.3, 0.4) is 0 Å². The Morgan fingerprint density at radius 1 is 1.03 bits per heavy atom. The smallest absolute Gasteiger partial charge is 0.243 e. The summed E-state index contributed by atoms with van der Waals surface area (Å²) in [6.45, 7) is 0. The summed E-state index contributed by atoms with van der Waals surface area (Å²) in [6.07, 6.45) is 5.68. The molecule has 2 fully saturated rings. The molecular weight excluding hydrogens is 453 g/mol. The summed E-state index contributed by atoms with van der Waals surface area (Å²) in [5.41, 5.74) is 1.10. The molecule has 0 unspecified atom stereocenters. The molecule has 2 saturated carbocycles. The Bertz CT molecular complexity index is 998. The molecule has 2 aromatic carbocycles. The van der Waals surface area contributed by atoms with Gasteiger partial charge in [-0.1, -0.05) is 35.9 Å². The van der Waals surface area contributed by atoms with Crippen LogP contribution in [-0.4, -0.2) is 48.9 Å². The first-order valence-electron chi connectivity index (χ1n) is 12.0. The molecule has 0 bridgehead atoms. The second kappa shape index (κ2) is 10.4. The van der Waals surface area contributed by atoms with E-state index in [0.29, 0.717) is 17.5 Å². The zero-order valence-corrected chi connectivity index (χ0v) is 20.6. The Morgan fingerprint density at radius 2 is 1.65 bits per heavy atom. The number of benzene rings is 2. The van der Waals surface area contributed by atoms with E-state index < -0.39 is 11.5 Å². The first-order chi connectivity index (χ1) is 16.3. The summed E-state index contributed by atoms with van der Waals surface area (Å²) in [5.74, 6) is -0.655. The fourth-order valence-corrected chi connectivity index (χ4v) is 5.07. The van der Waals surface area contributed by atoms with Crippen LogP contribution in [0.5, 0.6) is 0 Å². The van der Waals surface area contributed by atoms with E-state index in [2.05, 4.69) is 29.6 Å². The summed E-state index contributed by atoms with van der Waals surface area (Å²) in [6, 6.07) is 13.3. The van der Waals surface area contributed by atoms with Crippen LogP contribution in [0.1, 0.15) is 49.7 Å². The number of nitrogens with one attached hydrogen (secondary N) is 2. The topological polar surface area (TPSA) is 61.4 Å². The van der Waals surface area contributed by atoms with Crippen LogP contribution in [-0.2, 0) is 21.4 Å². The maximum absolute atomic E-state index is 13.4. The lowest BCUT2D eigenvalue weighted by molar-refractivity contribution is -0.130. The van der Waals surface area contributed by atoms with Crippen molar-refractivity contribution in [3.63, 3.8) is 0 Å². The molecule has 2 aliphatic carbocycles. The lowest BCUT2D eigenvalue weighted by atomic mass is 9.90. The van der Waals surface area contributed by atoms with Gasteiger partial charge >= 0.3 is 0 Å². The monoisotopic (exact) mass is 485 g/mol. The molecule has 34 heavy (non-hydrogen) atoms. The van der Waals surface area contributed by atoms with Crippen molar-refractivity contribution in [1.82, 2.24) is 15.5 Å². The van der Waals surface area contributed by atoms with Crippen molar-refractivity contribution in [2.75, 3.05) is 14.1 Å². The van der Waals surface area contributed by atoms with Crippen LogP contribution in [0.15, 0.2) is 48.5 Å². The molecule has 0 spiro atoms. The summed E-state index contributed by atoms with van der Waals surface area (Å²) < 4.78 is 13.4. The number of hydrogen-bond donors (Lipinski definition) is 2. The van der Waals surface area contributed by atoms with E-state index >= 15 is 0 Å². The van der Waals surface area contributed by atoms with Gasteiger partial charge in [-0.25, -0.2) is 4.39 Å². The highest BCUT2D eigenvalue weighted by molar-refractivity contribution is 6.30. The number of hydrogen-bond acceptors (Lipinski definition) is 3. The molecule has 5 nitrogen and oxygen atoms in total. The van der Waals surface area contributed by atoms with Gasteiger partial charge in [0.05, 0.1) is 5.41 Å². The average molecular weight is 486 g/mol. The summed E-state index contributed by atoms with van der Waals surface area (Å²) >= 11 is 6.03. The summed E-state index contributed by atoms with van der Waals surface area (Å²) in [4.78, 5) is 29.0. The van der Waals surface area contributed by atoms with Gasteiger partial charge in [0.2, 0.25) is 11.8 Å². The highest BCUT2D eigenvalue weighted by Gasteiger charge is 2.52. The molecule has 0 radical (unpaired) electrons. The third kappa shape index (κ3) is 5.78. The normalized spacial score (nSPS) is 22.1. The molecule has 7 heteroatoms. The van der Waals surface area contributed by atoms with Gasteiger partial charge in [0.1, 0.15) is 11.9 Å². The Hall–Kier alpha value is -2.44. The SMILES string of the molecule is CN(C)C1CCC(NC(=O)[C@@H](Cc2ccc(F)cc2)NC(=O)C2(c3ccc(Cl)cc3)CC2)CC1. The van der Waals surface area contributed by atoms with Crippen LogP contribution in [0.4, 0.5) is 4.39 Å². The van der Waals surface area contributed by atoms with Gasteiger partial charge in [-0.2, -0.15) is 0 Å². The predicted molar refractivity (Wildman–Crippen MR) is 132 cm³/mol. The van der Waals surface area contributed by atoms with Crippen LogP contribution < -0.4 is 10.6 Å². The third-order valence-corrected chi connectivity index (χ3v) is 7.58. The van der Waals surface area contributed by atoms with E-state index in [1.807, 2.05) is 12.1 Å². The van der Waals surface area contributed by atoms with Crippen molar-refractivity contribution in [2.24, 2.45) is 0 Å². The largest absolute Gasteiger partial charge is 0.352 e. The maximum Gasteiger partial charge on any atom is 0.243 e. The number of carbonyl (C=O) groups excluding carboxylic acids is 2. The van der Waals surface area contributed by atoms with Gasteiger partial charge in [0.25, 0.3) is 0 Å². The van der Waals surface area contributed by atoms with Gasteiger partial charge in [-0.05, 0) is 88.0 Å². The quantitative estimate of drug-likeness (QED) is 0.588. The number of halogens is 2. The second-order valence-corrected chi connectivity index (χ2v) is 10.4. The van der Waals surface area contributed by atoms with E-state index in [0.717, 1.165) is 49.7 Å². The van der Waals surface area contributed by atoms with Crippen molar-refractivity contribution >= 4 is 23.4 Å². The lowest BCUT2D eigenvalue weighted by Gasteiger charge is -2.33. The molecule has 2 aromatic rings. The molecular formula is C27H33ClFN3O2. The van der Waals surface area contributed by atoms with E-state index in [9.17, 15) is 14.0 Å². The number of nitrogens with zero attached hydrogens (tertiary/aromatic N) is 1. The van der Waals surface area contributed by atoms with E-state index in [1.165, 1.54) is 12.1 Å². The van der Waals surface area contributed by atoms with Crippen molar-refractivity contribution in [3.8, 4) is 0 Å². The van der Waals surface area contributed by atoms with Gasteiger partial charge < -0.3 is 15.5 Å². The van der Waals surface area contributed by atoms with Crippen LogP contribution in [0, 0.1) is 5.82 Å². The van der Waals surface area contributed by atoms with Crippen molar-refractivity contribution in [2.45, 2.75) is 68.5 Å². The Labute approximate surface area is 206 Å². The molecule has 2 aliphatic rings. The van der Waals surface area contributed by atoms with Gasteiger partial charge in [0, 0.05) is 23.5 Å². The minimum Gasteiger partial charge on any atom is -0.352 e. The second-order valence-electron chi connectivity index (χ2n) is 9.92. The lowest BCUT2D eigenvalue weighted by Crippen LogP contribution is -2.53. The zero-order valence-electron chi connectivity index (χ0n) is 19.8. The number of carbonyl (C=O) groups is 2. The number of amides is 2. The van der Waals surface area contributed by atoms with Crippen molar-refractivity contribution in [1.29, 1.82) is 0 Å². The van der Waals surface area contributed by atoms with E-state index in [-0.39, 0.29) is 23.7 Å². The third-order valence-electron chi connectivity index (χ3n) is 7.33. The molecule has 182 valence electrons.